The highest BCUT2D eigenvalue weighted by Crippen LogP contribution is 2.12. The molecule has 0 aliphatic carbocycles. The molecule has 0 bridgehead atoms. The Kier molecular flexibility index (Phi) is 31.7. The van der Waals surface area contributed by atoms with Crippen molar-refractivity contribution >= 4 is 0 Å². The van der Waals surface area contributed by atoms with Crippen LogP contribution < -0.4 is 0 Å². The molecule has 0 aliphatic heterocycles. The van der Waals surface area contributed by atoms with Gasteiger partial charge in [-0.2, -0.15) is 5.10 Å². The summed E-state index contributed by atoms with van der Waals surface area (Å²) >= 11 is 0. The fourth-order valence-electron chi connectivity index (χ4n) is 1.56. The highest BCUT2D eigenvalue weighted by molar-refractivity contribution is 5.16. The number of hydrogen-bond acceptors (Lipinski definition) is 2. The van der Waals surface area contributed by atoms with Crippen molar-refractivity contribution in [2.75, 3.05) is 0 Å². The van der Waals surface area contributed by atoms with E-state index in [1.165, 1.54) is 24.0 Å². The molecule has 0 saturated heterocycles. The lowest BCUT2D eigenvalue weighted by Crippen LogP contribution is -1.88. The van der Waals surface area contributed by atoms with Crippen LogP contribution in [0.25, 0.3) is 0 Å². The van der Waals surface area contributed by atoms with Crippen molar-refractivity contribution in [1.29, 1.82) is 0 Å². The molecule has 0 N–H and O–H groups in total. The molecule has 0 aromatic carbocycles. The number of hydrogen-bond donors (Lipinski definition) is 0. The van der Waals surface area contributed by atoms with Gasteiger partial charge in [-0.1, -0.05) is 102 Å². The first-order valence-corrected chi connectivity index (χ1v) is 11.6. The van der Waals surface area contributed by atoms with Crippen LogP contribution in [-0.2, 0) is 7.05 Å². The van der Waals surface area contributed by atoms with Crippen LogP contribution in [0, 0.1) is 6.92 Å². The largest absolute Gasteiger partial charge is 0.276 e. The lowest BCUT2D eigenvalue weighted by Gasteiger charge is -2.02. The highest BCUT2D eigenvalue weighted by Gasteiger charge is 1.98. The lowest BCUT2D eigenvalue weighted by molar-refractivity contribution is 0.764. The van der Waals surface area contributed by atoms with Gasteiger partial charge in [-0.3, -0.25) is 9.67 Å². The number of aromatic nitrogens is 3. The normalized spacial score (nSPS) is 8.55. The molecule has 3 heteroatoms. The van der Waals surface area contributed by atoms with E-state index in [1.807, 2.05) is 64.9 Å². The van der Waals surface area contributed by atoms with Gasteiger partial charge in [0.15, 0.2) is 0 Å². The molecule has 0 aliphatic rings. The molecule has 3 nitrogen and oxygen atoms in total. The van der Waals surface area contributed by atoms with Crippen LogP contribution in [0.3, 0.4) is 0 Å². The average Bonchev–Trinajstić information content (AvgIpc) is 3.14. The molecule has 0 atom stereocenters. The molecule has 0 amide bonds. The third-order valence-electron chi connectivity index (χ3n) is 2.99. The molecule has 0 fully saturated rings. The summed E-state index contributed by atoms with van der Waals surface area (Å²) in [6.45, 7) is 27.2. The van der Waals surface area contributed by atoms with Crippen LogP contribution in [0.2, 0.25) is 0 Å². The van der Waals surface area contributed by atoms with Crippen molar-refractivity contribution in [2.24, 2.45) is 7.05 Å². The van der Waals surface area contributed by atoms with Crippen LogP contribution in [-0.4, -0.2) is 14.8 Å². The fourth-order valence-corrected chi connectivity index (χ4v) is 1.56. The molecule has 2 rings (SSSR count). The first kappa shape index (κ1) is 34.8. The van der Waals surface area contributed by atoms with Crippen LogP contribution in [0.15, 0.2) is 30.7 Å². The summed E-state index contributed by atoms with van der Waals surface area (Å²) in [4.78, 5) is 4.20. The summed E-state index contributed by atoms with van der Waals surface area (Å²) in [6, 6.07) is 4.18. The third-order valence-corrected chi connectivity index (χ3v) is 2.99. The van der Waals surface area contributed by atoms with Crippen molar-refractivity contribution in [1.82, 2.24) is 14.8 Å². The van der Waals surface area contributed by atoms with Crippen LogP contribution in [0.4, 0.5) is 0 Å². The standard InChI is InChI=1S/C9H13N.C7H12N2.2C3H8.2C2H6/c1-7(2)9-5-4-8(3)10-6-9;1-6(2)7-4-8-9(3)5-7;2*1-3-2;2*1-2/h4-7H,1-3H3;4-6H,1-3H3;2*3H2,1-2H3;2*1-2H3. The number of aryl methyl sites for hydroxylation is 2. The summed E-state index contributed by atoms with van der Waals surface area (Å²) in [6.07, 6.45) is 8.40. The molecule has 0 radical (unpaired) electrons. The zero-order valence-corrected chi connectivity index (χ0v) is 22.3. The van der Waals surface area contributed by atoms with Crippen molar-refractivity contribution in [3.05, 3.63) is 47.5 Å². The number of rotatable bonds is 2. The van der Waals surface area contributed by atoms with Gasteiger partial charge in [0.05, 0.1) is 6.20 Å². The first-order chi connectivity index (χ1) is 13.7. The lowest BCUT2D eigenvalue weighted by atomic mass is 10.1. The SMILES string of the molecule is CC.CC.CC(C)c1cnn(C)c1.CCC.CCC.Cc1ccc(C(C)C)cn1. The fraction of sp³-hybridized carbons (Fsp3) is 0.692. The molecule has 29 heavy (non-hydrogen) atoms. The van der Waals surface area contributed by atoms with E-state index in [-0.39, 0.29) is 0 Å². The van der Waals surface area contributed by atoms with E-state index in [9.17, 15) is 0 Å². The monoisotopic (exact) mass is 407 g/mol. The second-order valence-electron chi connectivity index (χ2n) is 6.90. The van der Waals surface area contributed by atoms with Gasteiger partial charge in [0.1, 0.15) is 0 Å². The van der Waals surface area contributed by atoms with Gasteiger partial charge in [0, 0.05) is 25.1 Å². The third kappa shape index (κ3) is 24.3. The first-order valence-electron chi connectivity index (χ1n) is 11.6. The molecule has 0 spiro atoms. The van der Waals surface area contributed by atoms with E-state index in [0.29, 0.717) is 11.8 Å². The number of nitrogens with zero attached hydrogens (tertiary/aromatic N) is 3. The molecular weight excluding hydrogens is 354 g/mol. The molecule has 0 unspecified atom stereocenters. The molecule has 172 valence electrons. The van der Waals surface area contributed by atoms with E-state index >= 15 is 0 Å². The minimum absolute atomic E-state index is 0.591. The smallest absolute Gasteiger partial charge is 0.0524 e. The van der Waals surface area contributed by atoms with Gasteiger partial charge in [-0.05, 0) is 36.0 Å². The van der Waals surface area contributed by atoms with Crippen molar-refractivity contribution in [3.8, 4) is 0 Å². The summed E-state index contributed by atoms with van der Waals surface area (Å²) in [5.74, 6) is 1.19. The maximum atomic E-state index is 4.20. The maximum Gasteiger partial charge on any atom is 0.0524 e. The Labute approximate surface area is 184 Å². The predicted octanol–water partition coefficient (Wildman–Crippen LogP) is 8.94. The second kappa shape index (κ2) is 26.4. The van der Waals surface area contributed by atoms with E-state index < -0.39 is 0 Å². The summed E-state index contributed by atoms with van der Waals surface area (Å²) in [7, 11) is 1.94. The van der Waals surface area contributed by atoms with Gasteiger partial charge in [0.25, 0.3) is 0 Å². The summed E-state index contributed by atoms with van der Waals surface area (Å²) in [5, 5.41) is 4.05. The Hall–Kier alpha value is -1.64. The molecule has 2 aromatic rings. The van der Waals surface area contributed by atoms with Gasteiger partial charge in [0.2, 0.25) is 0 Å². The van der Waals surface area contributed by atoms with Crippen molar-refractivity contribution in [2.45, 2.75) is 115 Å². The Morgan fingerprint density at radius 2 is 1.17 bits per heavy atom. The topological polar surface area (TPSA) is 30.7 Å². The zero-order valence-electron chi connectivity index (χ0n) is 22.3. The van der Waals surface area contributed by atoms with Crippen molar-refractivity contribution in [3.63, 3.8) is 0 Å². The van der Waals surface area contributed by atoms with E-state index in [1.54, 1.807) is 0 Å². The van der Waals surface area contributed by atoms with Gasteiger partial charge in [-0.25, -0.2) is 0 Å². The van der Waals surface area contributed by atoms with E-state index in [4.69, 9.17) is 0 Å². The van der Waals surface area contributed by atoms with Crippen LogP contribution in [0.5, 0.6) is 0 Å². The molecular formula is C26H53N3. The minimum atomic E-state index is 0.591. The molecule has 0 saturated carbocycles. The summed E-state index contributed by atoms with van der Waals surface area (Å²) in [5.41, 5.74) is 3.70. The Bertz CT molecular complexity index is 509. The van der Waals surface area contributed by atoms with E-state index in [2.05, 4.69) is 77.6 Å². The Morgan fingerprint density at radius 1 is 0.759 bits per heavy atom. The summed E-state index contributed by atoms with van der Waals surface area (Å²) < 4.78 is 1.83. The Morgan fingerprint density at radius 3 is 1.38 bits per heavy atom. The zero-order chi connectivity index (χ0) is 23.8. The number of pyridine rings is 1. The highest BCUT2D eigenvalue weighted by atomic mass is 15.2. The Balaban J connectivity index is -0.000000151. The average molecular weight is 408 g/mol. The maximum absolute atomic E-state index is 4.20. The van der Waals surface area contributed by atoms with Gasteiger partial charge in [-0.15, -0.1) is 0 Å². The van der Waals surface area contributed by atoms with E-state index in [0.717, 1.165) is 5.69 Å². The molecule has 2 heterocycles. The van der Waals surface area contributed by atoms with Gasteiger partial charge < -0.3 is 0 Å². The van der Waals surface area contributed by atoms with Crippen molar-refractivity contribution < 1.29 is 0 Å². The van der Waals surface area contributed by atoms with Crippen LogP contribution >= 0.6 is 0 Å². The minimum Gasteiger partial charge on any atom is -0.276 e. The molecule has 2 aromatic heterocycles. The quantitative estimate of drug-likeness (QED) is 0.497. The van der Waals surface area contributed by atoms with Crippen LogP contribution in [0.1, 0.15) is 125 Å². The predicted molar refractivity (Wildman–Crippen MR) is 135 cm³/mol. The second-order valence-corrected chi connectivity index (χ2v) is 6.90. The van der Waals surface area contributed by atoms with Gasteiger partial charge >= 0.3 is 0 Å².